The van der Waals surface area contributed by atoms with Gasteiger partial charge in [0.15, 0.2) is 5.66 Å². The molecule has 0 radical (unpaired) electrons. The van der Waals surface area contributed by atoms with Gasteiger partial charge >= 0.3 is 13.6 Å². The molecule has 0 bridgehead atoms. The molecule has 1 unspecified atom stereocenters. The zero-order valence-electron chi connectivity index (χ0n) is 13.3. The summed E-state index contributed by atoms with van der Waals surface area (Å²) >= 11 is 0. The van der Waals surface area contributed by atoms with Crippen LogP contribution in [0.5, 0.6) is 0 Å². The summed E-state index contributed by atoms with van der Waals surface area (Å²) in [5.74, 6) is -0.882. The van der Waals surface area contributed by atoms with Crippen molar-refractivity contribution in [2.45, 2.75) is 26.4 Å². The van der Waals surface area contributed by atoms with Gasteiger partial charge in [0.1, 0.15) is 0 Å². The number of hydrogen-bond acceptors (Lipinski definition) is 7. The van der Waals surface area contributed by atoms with Crippen molar-refractivity contribution in [2.75, 3.05) is 19.8 Å². The third kappa shape index (κ3) is 4.60. The maximum Gasteiger partial charge on any atom is 0.349 e. The summed E-state index contributed by atoms with van der Waals surface area (Å²) in [6.45, 7) is 4.84. The fourth-order valence-electron chi connectivity index (χ4n) is 2.08. The fraction of sp³-hybridized carbons (Fsp3) is 0.500. The molecule has 0 saturated heterocycles. The number of esters is 1. The molecule has 9 heteroatoms. The van der Waals surface area contributed by atoms with E-state index in [4.69, 9.17) is 13.8 Å². The van der Waals surface area contributed by atoms with Gasteiger partial charge in [-0.15, -0.1) is 0 Å². The van der Waals surface area contributed by atoms with Crippen LogP contribution in [0.15, 0.2) is 24.3 Å². The van der Waals surface area contributed by atoms with E-state index in [-0.39, 0.29) is 31.1 Å². The van der Waals surface area contributed by atoms with Crippen LogP contribution in [-0.4, -0.2) is 30.7 Å². The molecule has 0 N–H and O–H groups in total. The molecule has 0 fully saturated rings. The lowest BCUT2D eigenvalue weighted by Gasteiger charge is -2.24. The Bertz CT molecular complexity index is 595. The highest BCUT2D eigenvalue weighted by Crippen LogP contribution is 2.62. The predicted molar refractivity (Wildman–Crippen MR) is 83.3 cm³/mol. The van der Waals surface area contributed by atoms with Crippen molar-refractivity contribution in [1.82, 2.24) is 0 Å². The summed E-state index contributed by atoms with van der Waals surface area (Å²) in [5.41, 5.74) is -1.91. The van der Waals surface area contributed by atoms with E-state index in [1.807, 2.05) is 0 Å². The van der Waals surface area contributed by atoms with Crippen LogP contribution in [0, 0.1) is 10.1 Å². The molecule has 0 aliphatic rings. The number of nitro groups is 1. The second-order valence-corrected chi connectivity index (χ2v) is 6.46. The van der Waals surface area contributed by atoms with Crippen LogP contribution >= 0.6 is 7.60 Å². The summed E-state index contributed by atoms with van der Waals surface area (Å²) in [7, 11) is -3.98. The van der Waals surface area contributed by atoms with Crippen LogP contribution in [0.4, 0.5) is 5.69 Å². The molecule has 0 aliphatic carbocycles. The number of ether oxygens (including phenoxy) is 1. The zero-order valence-corrected chi connectivity index (χ0v) is 14.2. The molecule has 0 heterocycles. The van der Waals surface area contributed by atoms with Gasteiger partial charge in [0, 0.05) is 6.07 Å². The Hall–Kier alpha value is -1.76. The van der Waals surface area contributed by atoms with Crippen molar-refractivity contribution >= 4 is 19.3 Å². The summed E-state index contributed by atoms with van der Waals surface area (Å²) < 4.78 is 28.4. The molecule has 1 aromatic rings. The van der Waals surface area contributed by atoms with E-state index >= 15 is 0 Å². The minimum absolute atomic E-state index is 0.0216. The fourth-order valence-corrected chi connectivity index (χ4v) is 4.06. The average molecular weight is 345 g/mol. The Morgan fingerprint density at radius 1 is 1.17 bits per heavy atom. The number of nitrogens with zero attached hydrogens (tertiary/aromatic N) is 1. The van der Waals surface area contributed by atoms with Crippen LogP contribution in [0.25, 0.3) is 0 Å². The largest absolute Gasteiger partial charge is 0.465 e. The van der Waals surface area contributed by atoms with Crippen LogP contribution in [0.2, 0.25) is 0 Å². The summed E-state index contributed by atoms with van der Waals surface area (Å²) in [6.07, 6.45) is 0. The van der Waals surface area contributed by atoms with Crippen LogP contribution in [-0.2, 0) is 23.1 Å². The van der Waals surface area contributed by atoms with E-state index < -0.39 is 24.1 Å². The zero-order chi connectivity index (χ0) is 17.5. The lowest BCUT2D eigenvalue weighted by atomic mass is 10.1. The third-order valence-electron chi connectivity index (χ3n) is 2.87. The standard InChI is InChI=1S/C14H20NO7P/c1-4-20-14(16)13(23(19,21-5-2)22-6-3)11-9-7-8-10-12(11)15(17)18/h7-10,13H,4-6H2,1-3H3. The van der Waals surface area contributed by atoms with E-state index in [1.54, 1.807) is 20.8 Å². The normalized spacial score (nSPS) is 12.7. The molecule has 1 aromatic carbocycles. The molecular formula is C14H20NO7P. The monoisotopic (exact) mass is 345 g/mol. The summed E-state index contributed by atoms with van der Waals surface area (Å²) in [6, 6.07) is 5.54. The molecule has 0 spiro atoms. The van der Waals surface area contributed by atoms with Gasteiger partial charge < -0.3 is 13.8 Å². The van der Waals surface area contributed by atoms with Crippen LogP contribution in [0.1, 0.15) is 32.0 Å². The van der Waals surface area contributed by atoms with Gasteiger partial charge in [-0.3, -0.25) is 19.5 Å². The van der Waals surface area contributed by atoms with Crippen molar-refractivity contribution in [3.05, 3.63) is 39.9 Å². The molecule has 0 aliphatic heterocycles. The first-order chi connectivity index (χ1) is 10.9. The van der Waals surface area contributed by atoms with Crippen molar-refractivity contribution < 1.29 is 28.1 Å². The highest BCUT2D eigenvalue weighted by atomic mass is 31.2. The second-order valence-electron chi connectivity index (χ2n) is 4.35. The topological polar surface area (TPSA) is 105 Å². The smallest absolute Gasteiger partial charge is 0.349 e. The third-order valence-corrected chi connectivity index (χ3v) is 5.23. The van der Waals surface area contributed by atoms with Crippen molar-refractivity contribution in [1.29, 1.82) is 0 Å². The van der Waals surface area contributed by atoms with Gasteiger partial charge in [-0.05, 0) is 20.8 Å². The van der Waals surface area contributed by atoms with Crippen LogP contribution < -0.4 is 0 Å². The van der Waals surface area contributed by atoms with E-state index in [9.17, 15) is 19.5 Å². The highest BCUT2D eigenvalue weighted by molar-refractivity contribution is 7.55. The van der Waals surface area contributed by atoms with Crippen molar-refractivity contribution in [3.8, 4) is 0 Å². The van der Waals surface area contributed by atoms with Gasteiger partial charge in [-0.25, -0.2) is 0 Å². The van der Waals surface area contributed by atoms with Gasteiger partial charge in [-0.2, -0.15) is 0 Å². The first kappa shape index (κ1) is 19.3. The molecule has 1 atom stereocenters. The Balaban J connectivity index is 3.50. The maximum absolute atomic E-state index is 13.0. The lowest BCUT2D eigenvalue weighted by Crippen LogP contribution is -2.20. The average Bonchev–Trinajstić information content (AvgIpc) is 2.48. The van der Waals surface area contributed by atoms with E-state index in [2.05, 4.69) is 0 Å². The van der Waals surface area contributed by atoms with Crippen LogP contribution in [0.3, 0.4) is 0 Å². The minimum Gasteiger partial charge on any atom is -0.465 e. The molecule has 0 saturated carbocycles. The van der Waals surface area contributed by atoms with Gasteiger partial charge in [0.25, 0.3) is 5.69 Å². The number of para-hydroxylation sites is 1. The maximum atomic E-state index is 13.0. The number of rotatable bonds is 9. The molecule has 128 valence electrons. The molecular weight excluding hydrogens is 325 g/mol. The first-order valence-corrected chi connectivity index (χ1v) is 8.81. The molecule has 8 nitrogen and oxygen atoms in total. The lowest BCUT2D eigenvalue weighted by molar-refractivity contribution is -0.385. The van der Waals surface area contributed by atoms with Crippen molar-refractivity contribution in [3.63, 3.8) is 0 Å². The Kier molecular flexibility index (Phi) is 7.35. The van der Waals surface area contributed by atoms with E-state index in [1.165, 1.54) is 24.3 Å². The Morgan fingerprint density at radius 2 is 1.74 bits per heavy atom. The van der Waals surface area contributed by atoms with Gasteiger partial charge in [0.05, 0.1) is 30.3 Å². The highest BCUT2D eigenvalue weighted by Gasteiger charge is 2.46. The summed E-state index contributed by atoms with van der Waals surface area (Å²) in [5, 5.41) is 11.2. The molecule has 0 aromatic heterocycles. The number of hydrogen-bond donors (Lipinski definition) is 0. The van der Waals surface area contributed by atoms with Gasteiger partial charge in [-0.1, -0.05) is 18.2 Å². The molecule has 1 rings (SSSR count). The second kappa shape index (κ2) is 8.76. The van der Waals surface area contributed by atoms with E-state index in [0.717, 1.165) is 0 Å². The Morgan fingerprint density at radius 3 is 2.22 bits per heavy atom. The number of benzene rings is 1. The van der Waals surface area contributed by atoms with Crippen molar-refractivity contribution in [2.24, 2.45) is 0 Å². The predicted octanol–water partition coefficient (Wildman–Crippen LogP) is 3.47. The quantitative estimate of drug-likeness (QED) is 0.292. The molecule has 23 heavy (non-hydrogen) atoms. The Labute approximate surface area is 134 Å². The minimum atomic E-state index is -3.98. The summed E-state index contributed by atoms with van der Waals surface area (Å²) in [4.78, 5) is 22.9. The molecule has 0 amide bonds. The van der Waals surface area contributed by atoms with E-state index in [0.29, 0.717) is 0 Å². The number of carbonyl (C=O) groups excluding carboxylic acids is 1. The number of nitro benzene ring substituents is 1. The first-order valence-electron chi connectivity index (χ1n) is 7.19. The van der Waals surface area contributed by atoms with Gasteiger partial charge in [0.2, 0.25) is 0 Å². The SMILES string of the molecule is CCOC(=O)C(c1ccccc1[N+](=O)[O-])P(=O)(OCC)OCC. The number of carbonyl (C=O) groups is 1.